The third-order valence-corrected chi connectivity index (χ3v) is 4.29. The third kappa shape index (κ3) is 2.34. The summed E-state index contributed by atoms with van der Waals surface area (Å²) in [6.45, 7) is 8.45. The van der Waals surface area contributed by atoms with Crippen molar-refractivity contribution in [2.24, 2.45) is 0 Å². The van der Waals surface area contributed by atoms with Crippen LogP contribution in [0.5, 0.6) is 0 Å². The fraction of sp³-hybridized carbons (Fsp3) is 0.529. The summed E-state index contributed by atoms with van der Waals surface area (Å²) >= 11 is 0. The summed E-state index contributed by atoms with van der Waals surface area (Å²) in [6.07, 6.45) is 0.284. The number of amides is 2. The van der Waals surface area contributed by atoms with Gasteiger partial charge >= 0.3 is 6.09 Å². The van der Waals surface area contributed by atoms with E-state index in [1.165, 1.54) is 0 Å². The van der Waals surface area contributed by atoms with Crippen LogP contribution in [0.15, 0.2) is 18.2 Å². The average Bonchev–Trinajstić information content (AvgIpc) is 2.92. The molecule has 1 N–H and O–H groups in total. The molecule has 2 aliphatic rings. The average molecular weight is 302 g/mol. The van der Waals surface area contributed by atoms with Crippen molar-refractivity contribution < 1.29 is 14.3 Å². The van der Waals surface area contributed by atoms with Gasteiger partial charge in [-0.15, -0.1) is 0 Å². The van der Waals surface area contributed by atoms with Crippen molar-refractivity contribution in [3.8, 4) is 0 Å². The number of aryl methyl sites for hydroxylation is 1. The molecular weight excluding hydrogens is 280 g/mol. The predicted molar refractivity (Wildman–Crippen MR) is 83.9 cm³/mol. The van der Waals surface area contributed by atoms with Crippen molar-refractivity contribution in [3.63, 3.8) is 0 Å². The smallest absolute Gasteiger partial charge is 0.410 e. The molecule has 1 atom stereocenters. The Hall–Kier alpha value is -2.04. The van der Waals surface area contributed by atoms with Gasteiger partial charge < -0.3 is 15.0 Å². The number of carbonyl (C=O) groups is 2. The molecule has 118 valence electrons. The summed E-state index contributed by atoms with van der Waals surface area (Å²) in [4.78, 5) is 26.4. The second kappa shape index (κ2) is 4.73. The van der Waals surface area contributed by atoms with Crippen LogP contribution in [0.3, 0.4) is 0 Å². The Labute approximate surface area is 130 Å². The summed E-state index contributed by atoms with van der Waals surface area (Å²) in [5.74, 6) is -0.0147. The quantitative estimate of drug-likeness (QED) is 0.801. The van der Waals surface area contributed by atoms with Crippen LogP contribution in [0.25, 0.3) is 0 Å². The van der Waals surface area contributed by atoms with Crippen molar-refractivity contribution in [1.29, 1.82) is 0 Å². The fourth-order valence-corrected chi connectivity index (χ4v) is 3.24. The van der Waals surface area contributed by atoms with Crippen molar-refractivity contribution >= 4 is 17.7 Å². The van der Waals surface area contributed by atoms with Crippen molar-refractivity contribution in [2.75, 3.05) is 18.4 Å². The van der Waals surface area contributed by atoms with Crippen LogP contribution in [0.1, 0.15) is 38.3 Å². The highest BCUT2D eigenvalue weighted by atomic mass is 16.6. The van der Waals surface area contributed by atoms with Gasteiger partial charge in [0.05, 0.1) is 5.41 Å². The number of rotatable bonds is 0. The molecule has 2 heterocycles. The van der Waals surface area contributed by atoms with E-state index >= 15 is 0 Å². The number of benzene rings is 1. The van der Waals surface area contributed by atoms with Gasteiger partial charge in [0.1, 0.15) is 5.60 Å². The summed E-state index contributed by atoms with van der Waals surface area (Å²) < 4.78 is 5.42. The normalized spacial score (nSPS) is 23.6. The van der Waals surface area contributed by atoms with Crippen molar-refractivity contribution in [3.05, 3.63) is 29.3 Å². The minimum atomic E-state index is -0.625. The van der Waals surface area contributed by atoms with E-state index in [9.17, 15) is 9.59 Å². The summed E-state index contributed by atoms with van der Waals surface area (Å²) in [5, 5.41) is 2.96. The second-order valence-electron chi connectivity index (χ2n) is 7.24. The van der Waals surface area contributed by atoms with Crippen LogP contribution in [0, 0.1) is 6.92 Å². The first-order chi connectivity index (χ1) is 10.2. The molecule has 2 aliphatic heterocycles. The summed E-state index contributed by atoms with van der Waals surface area (Å²) in [7, 11) is 0. The van der Waals surface area contributed by atoms with Crippen LogP contribution in [-0.4, -0.2) is 35.6 Å². The van der Waals surface area contributed by atoms with Gasteiger partial charge in [0.15, 0.2) is 0 Å². The van der Waals surface area contributed by atoms with Gasteiger partial charge in [-0.1, -0.05) is 12.1 Å². The highest BCUT2D eigenvalue weighted by molar-refractivity contribution is 6.07. The molecular formula is C17H22N2O3. The maximum Gasteiger partial charge on any atom is 0.410 e. The minimum absolute atomic E-state index is 0.0147. The standard InChI is InChI=1S/C17H22N2O3/c1-11-5-6-12-13(9-11)18-14(20)17(12)7-8-19(10-17)15(21)22-16(2,3)4/h5-6,9H,7-8,10H2,1-4H3,(H,18,20)/t17-/m0/s1. The maximum atomic E-state index is 12.5. The molecule has 1 aromatic carbocycles. The highest BCUT2D eigenvalue weighted by Crippen LogP contribution is 2.44. The molecule has 0 saturated carbocycles. The molecule has 5 heteroatoms. The molecule has 5 nitrogen and oxygen atoms in total. The number of hydrogen-bond acceptors (Lipinski definition) is 3. The van der Waals surface area contributed by atoms with E-state index in [1.54, 1.807) is 4.90 Å². The fourth-order valence-electron chi connectivity index (χ4n) is 3.24. The number of nitrogens with zero attached hydrogens (tertiary/aromatic N) is 1. The molecule has 1 fully saturated rings. The van der Waals surface area contributed by atoms with Gasteiger partial charge in [0, 0.05) is 18.8 Å². The zero-order valence-electron chi connectivity index (χ0n) is 13.5. The SMILES string of the molecule is Cc1ccc2c(c1)NC(=O)[C@]21CCN(C(=O)OC(C)(C)C)C1. The van der Waals surface area contributed by atoms with Crippen LogP contribution in [-0.2, 0) is 14.9 Å². The Balaban J connectivity index is 1.85. The highest BCUT2D eigenvalue weighted by Gasteiger charge is 2.52. The van der Waals surface area contributed by atoms with E-state index < -0.39 is 11.0 Å². The van der Waals surface area contributed by atoms with Gasteiger partial charge in [0.2, 0.25) is 5.91 Å². The second-order valence-corrected chi connectivity index (χ2v) is 7.24. The summed E-state index contributed by atoms with van der Waals surface area (Å²) in [6, 6.07) is 6.00. The molecule has 0 aliphatic carbocycles. The molecule has 22 heavy (non-hydrogen) atoms. The largest absolute Gasteiger partial charge is 0.444 e. The Morgan fingerprint density at radius 1 is 1.36 bits per heavy atom. The maximum absolute atomic E-state index is 12.5. The van der Waals surface area contributed by atoms with Gasteiger partial charge in [0.25, 0.3) is 0 Å². The number of fused-ring (bicyclic) bond motifs is 2. The van der Waals surface area contributed by atoms with Crippen LogP contribution in [0.4, 0.5) is 10.5 Å². The number of ether oxygens (including phenoxy) is 1. The van der Waals surface area contributed by atoms with Crippen molar-refractivity contribution in [2.45, 2.75) is 45.1 Å². The molecule has 0 bridgehead atoms. The van der Waals surface area contributed by atoms with Crippen LogP contribution < -0.4 is 5.32 Å². The zero-order valence-corrected chi connectivity index (χ0v) is 13.5. The Morgan fingerprint density at radius 2 is 2.09 bits per heavy atom. The first-order valence-corrected chi connectivity index (χ1v) is 7.62. The molecule has 0 unspecified atom stereocenters. The molecule has 1 saturated heterocycles. The van der Waals surface area contributed by atoms with Crippen LogP contribution in [0.2, 0.25) is 0 Å². The summed E-state index contributed by atoms with van der Waals surface area (Å²) in [5.41, 5.74) is 1.82. The minimum Gasteiger partial charge on any atom is -0.444 e. The molecule has 0 radical (unpaired) electrons. The number of anilines is 1. The van der Waals surface area contributed by atoms with Gasteiger partial charge in [-0.3, -0.25) is 4.79 Å². The van der Waals surface area contributed by atoms with E-state index in [2.05, 4.69) is 5.32 Å². The lowest BCUT2D eigenvalue weighted by atomic mass is 9.81. The number of hydrogen-bond donors (Lipinski definition) is 1. The lowest BCUT2D eigenvalue weighted by Crippen LogP contribution is -2.41. The van der Waals surface area contributed by atoms with E-state index in [0.29, 0.717) is 19.5 Å². The monoisotopic (exact) mass is 302 g/mol. The van der Waals surface area contributed by atoms with Crippen molar-refractivity contribution in [1.82, 2.24) is 4.90 Å². The van der Waals surface area contributed by atoms with E-state index in [-0.39, 0.29) is 12.0 Å². The van der Waals surface area contributed by atoms with E-state index in [4.69, 9.17) is 4.74 Å². The van der Waals surface area contributed by atoms with Gasteiger partial charge in [-0.05, 0) is 51.3 Å². The lowest BCUT2D eigenvalue weighted by Gasteiger charge is -2.26. The molecule has 0 aromatic heterocycles. The first-order valence-electron chi connectivity index (χ1n) is 7.62. The Morgan fingerprint density at radius 3 is 2.77 bits per heavy atom. The topological polar surface area (TPSA) is 58.6 Å². The number of nitrogens with one attached hydrogen (secondary N) is 1. The molecule has 3 rings (SSSR count). The Bertz CT molecular complexity index is 648. The van der Waals surface area contributed by atoms with Gasteiger partial charge in [-0.2, -0.15) is 0 Å². The predicted octanol–water partition coefficient (Wildman–Crippen LogP) is 2.83. The van der Waals surface area contributed by atoms with Gasteiger partial charge in [-0.25, -0.2) is 4.79 Å². The van der Waals surface area contributed by atoms with Crippen LogP contribution >= 0.6 is 0 Å². The molecule has 2 amide bonds. The van der Waals surface area contributed by atoms with E-state index in [0.717, 1.165) is 16.8 Å². The third-order valence-electron chi connectivity index (χ3n) is 4.29. The number of carbonyl (C=O) groups excluding carboxylic acids is 2. The van der Waals surface area contributed by atoms with E-state index in [1.807, 2.05) is 45.9 Å². The molecule has 1 aromatic rings. The zero-order chi connectivity index (χ0) is 16.1. The number of likely N-dealkylation sites (tertiary alicyclic amines) is 1. The lowest BCUT2D eigenvalue weighted by molar-refractivity contribution is -0.120. The molecule has 1 spiro atoms. The Kier molecular flexibility index (Phi) is 3.20. The first kappa shape index (κ1) is 14.9.